The standard InChI is InChI=1S/C15H25FN2/c1-11(15(2,3)4)18(5)10-13-7-6-12(9-17)8-14(13)16/h6-8,11H,9-10,17H2,1-5H3. The summed E-state index contributed by atoms with van der Waals surface area (Å²) in [6.07, 6.45) is 0. The van der Waals surface area contributed by atoms with Crippen molar-refractivity contribution in [1.29, 1.82) is 0 Å². The fourth-order valence-corrected chi connectivity index (χ4v) is 1.91. The molecule has 0 bridgehead atoms. The molecule has 0 aliphatic carbocycles. The van der Waals surface area contributed by atoms with Gasteiger partial charge in [-0.05, 0) is 31.0 Å². The maximum atomic E-state index is 13.9. The Kier molecular flexibility index (Phi) is 4.88. The average molecular weight is 252 g/mol. The molecule has 0 aliphatic rings. The maximum Gasteiger partial charge on any atom is 0.128 e. The molecule has 0 saturated heterocycles. The molecule has 0 heterocycles. The molecular weight excluding hydrogens is 227 g/mol. The Morgan fingerprint density at radius 1 is 1.33 bits per heavy atom. The van der Waals surface area contributed by atoms with Gasteiger partial charge in [0.15, 0.2) is 0 Å². The summed E-state index contributed by atoms with van der Waals surface area (Å²) in [4.78, 5) is 2.18. The molecule has 0 saturated carbocycles. The van der Waals surface area contributed by atoms with E-state index in [1.165, 1.54) is 6.07 Å². The molecule has 0 radical (unpaired) electrons. The summed E-state index contributed by atoms with van der Waals surface area (Å²) < 4.78 is 13.9. The summed E-state index contributed by atoms with van der Waals surface area (Å²) in [6.45, 7) is 9.76. The first-order valence-corrected chi connectivity index (χ1v) is 6.43. The van der Waals surface area contributed by atoms with Crippen LogP contribution in [0.5, 0.6) is 0 Å². The van der Waals surface area contributed by atoms with Crippen LogP contribution in [-0.2, 0) is 13.1 Å². The Hall–Kier alpha value is -0.930. The fourth-order valence-electron chi connectivity index (χ4n) is 1.91. The van der Waals surface area contributed by atoms with Gasteiger partial charge in [-0.15, -0.1) is 0 Å². The number of benzene rings is 1. The van der Waals surface area contributed by atoms with Crippen molar-refractivity contribution in [1.82, 2.24) is 4.90 Å². The normalized spacial score (nSPS) is 14.0. The maximum absolute atomic E-state index is 13.9. The van der Waals surface area contributed by atoms with E-state index in [9.17, 15) is 4.39 Å². The molecule has 1 aromatic carbocycles. The third-order valence-electron chi connectivity index (χ3n) is 3.69. The molecule has 2 nitrogen and oxygen atoms in total. The molecule has 1 aromatic rings. The van der Waals surface area contributed by atoms with Gasteiger partial charge >= 0.3 is 0 Å². The van der Waals surface area contributed by atoms with Crippen LogP contribution in [0.2, 0.25) is 0 Å². The monoisotopic (exact) mass is 252 g/mol. The van der Waals surface area contributed by atoms with Crippen LogP contribution in [0.15, 0.2) is 18.2 Å². The predicted octanol–water partition coefficient (Wildman–Crippen LogP) is 3.15. The third-order valence-corrected chi connectivity index (χ3v) is 3.69. The summed E-state index contributed by atoms with van der Waals surface area (Å²) in [5.41, 5.74) is 7.24. The van der Waals surface area contributed by atoms with Gasteiger partial charge in [0.2, 0.25) is 0 Å². The van der Waals surface area contributed by atoms with E-state index in [4.69, 9.17) is 5.73 Å². The predicted molar refractivity (Wildman–Crippen MR) is 74.7 cm³/mol. The lowest BCUT2D eigenvalue weighted by Crippen LogP contribution is -2.38. The van der Waals surface area contributed by atoms with Crippen LogP contribution in [0.1, 0.15) is 38.8 Å². The van der Waals surface area contributed by atoms with Crippen LogP contribution >= 0.6 is 0 Å². The summed E-state index contributed by atoms with van der Waals surface area (Å²) in [6, 6.07) is 5.65. The van der Waals surface area contributed by atoms with E-state index in [0.717, 1.165) is 11.1 Å². The molecular formula is C15H25FN2. The summed E-state index contributed by atoms with van der Waals surface area (Å²) in [5.74, 6) is -0.161. The summed E-state index contributed by atoms with van der Waals surface area (Å²) >= 11 is 0. The van der Waals surface area contributed by atoms with Crippen molar-refractivity contribution < 1.29 is 4.39 Å². The van der Waals surface area contributed by atoms with Crippen molar-refractivity contribution in [2.75, 3.05) is 7.05 Å². The Morgan fingerprint density at radius 3 is 2.39 bits per heavy atom. The summed E-state index contributed by atoms with van der Waals surface area (Å²) in [7, 11) is 2.03. The molecule has 102 valence electrons. The van der Waals surface area contributed by atoms with Gasteiger partial charge in [0, 0.05) is 24.7 Å². The van der Waals surface area contributed by atoms with Crippen LogP contribution in [0.4, 0.5) is 4.39 Å². The van der Waals surface area contributed by atoms with E-state index in [-0.39, 0.29) is 11.2 Å². The van der Waals surface area contributed by atoms with Crippen molar-refractivity contribution in [3.63, 3.8) is 0 Å². The first-order valence-electron chi connectivity index (χ1n) is 6.43. The van der Waals surface area contributed by atoms with Gasteiger partial charge in [-0.25, -0.2) is 4.39 Å². The van der Waals surface area contributed by atoms with Gasteiger partial charge < -0.3 is 5.73 Å². The number of hydrogen-bond acceptors (Lipinski definition) is 2. The lowest BCUT2D eigenvalue weighted by atomic mass is 9.87. The quantitative estimate of drug-likeness (QED) is 0.892. The van der Waals surface area contributed by atoms with Crippen molar-refractivity contribution in [2.24, 2.45) is 11.1 Å². The zero-order chi connectivity index (χ0) is 13.9. The van der Waals surface area contributed by atoms with Gasteiger partial charge in [-0.2, -0.15) is 0 Å². The van der Waals surface area contributed by atoms with Crippen LogP contribution < -0.4 is 5.73 Å². The van der Waals surface area contributed by atoms with Crippen molar-refractivity contribution in [2.45, 2.75) is 46.8 Å². The summed E-state index contributed by atoms with van der Waals surface area (Å²) in [5, 5.41) is 0. The molecule has 2 N–H and O–H groups in total. The fraction of sp³-hybridized carbons (Fsp3) is 0.600. The second-order valence-electron chi connectivity index (χ2n) is 6.09. The minimum absolute atomic E-state index is 0.161. The Bertz CT molecular complexity index is 396. The molecule has 0 amide bonds. The first-order chi connectivity index (χ1) is 8.25. The van der Waals surface area contributed by atoms with Crippen molar-refractivity contribution in [3.8, 4) is 0 Å². The SMILES string of the molecule is CC(N(C)Cc1ccc(CN)cc1F)C(C)(C)C. The Labute approximate surface area is 110 Å². The minimum atomic E-state index is -0.161. The van der Waals surface area contributed by atoms with Crippen LogP contribution in [0.25, 0.3) is 0 Å². The van der Waals surface area contributed by atoms with Gasteiger partial charge in [0.25, 0.3) is 0 Å². The first kappa shape index (κ1) is 15.1. The Morgan fingerprint density at radius 2 is 1.94 bits per heavy atom. The number of nitrogens with two attached hydrogens (primary N) is 1. The van der Waals surface area contributed by atoms with E-state index >= 15 is 0 Å². The molecule has 3 heteroatoms. The highest BCUT2D eigenvalue weighted by molar-refractivity contribution is 5.24. The molecule has 0 spiro atoms. The van der Waals surface area contributed by atoms with E-state index in [1.54, 1.807) is 0 Å². The average Bonchev–Trinajstić information content (AvgIpc) is 2.29. The van der Waals surface area contributed by atoms with Crippen molar-refractivity contribution >= 4 is 0 Å². The van der Waals surface area contributed by atoms with Crippen LogP contribution in [-0.4, -0.2) is 18.0 Å². The van der Waals surface area contributed by atoms with Crippen LogP contribution in [0, 0.1) is 11.2 Å². The molecule has 0 aromatic heterocycles. The zero-order valence-electron chi connectivity index (χ0n) is 12.1. The lowest BCUT2D eigenvalue weighted by molar-refractivity contribution is 0.133. The smallest absolute Gasteiger partial charge is 0.128 e. The largest absolute Gasteiger partial charge is 0.326 e. The third kappa shape index (κ3) is 3.79. The van der Waals surface area contributed by atoms with Gasteiger partial charge in [0.05, 0.1) is 0 Å². The van der Waals surface area contributed by atoms with E-state index < -0.39 is 0 Å². The molecule has 18 heavy (non-hydrogen) atoms. The highest BCUT2D eigenvalue weighted by Crippen LogP contribution is 2.24. The molecule has 0 fully saturated rings. The van der Waals surface area contributed by atoms with Gasteiger partial charge in [0.1, 0.15) is 5.82 Å². The van der Waals surface area contributed by atoms with Crippen molar-refractivity contribution in [3.05, 3.63) is 35.1 Å². The van der Waals surface area contributed by atoms with Crippen LogP contribution in [0.3, 0.4) is 0 Å². The Balaban J connectivity index is 2.79. The van der Waals surface area contributed by atoms with E-state index in [2.05, 4.69) is 32.6 Å². The van der Waals surface area contributed by atoms with E-state index in [1.807, 2.05) is 19.2 Å². The highest BCUT2D eigenvalue weighted by atomic mass is 19.1. The van der Waals surface area contributed by atoms with Gasteiger partial charge in [-0.3, -0.25) is 4.90 Å². The topological polar surface area (TPSA) is 29.3 Å². The molecule has 1 atom stereocenters. The second kappa shape index (κ2) is 5.81. The minimum Gasteiger partial charge on any atom is -0.326 e. The molecule has 0 aliphatic heterocycles. The molecule has 1 unspecified atom stereocenters. The number of halogens is 1. The zero-order valence-corrected chi connectivity index (χ0v) is 12.1. The number of hydrogen-bond donors (Lipinski definition) is 1. The lowest BCUT2D eigenvalue weighted by Gasteiger charge is -2.35. The van der Waals surface area contributed by atoms with Gasteiger partial charge in [-0.1, -0.05) is 32.9 Å². The molecule has 1 rings (SSSR count). The second-order valence-corrected chi connectivity index (χ2v) is 6.09. The highest BCUT2D eigenvalue weighted by Gasteiger charge is 2.24. The number of nitrogens with zero attached hydrogens (tertiary/aromatic N) is 1. The van der Waals surface area contributed by atoms with E-state index in [0.29, 0.717) is 19.1 Å². The number of rotatable bonds is 4.